The Morgan fingerprint density at radius 2 is 1.30 bits per heavy atom. The van der Waals surface area contributed by atoms with Crippen molar-refractivity contribution >= 4 is 0 Å². The van der Waals surface area contributed by atoms with E-state index in [0.717, 1.165) is 0 Å². The molecule has 0 unspecified atom stereocenters. The maximum Gasteiger partial charge on any atom is -0.00183 e. The van der Waals surface area contributed by atoms with Gasteiger partial charge in [0.25, 0.3) is 0 Å². The second kappa shape index (κ2) is 15.3. The Labute approximate surface area is 128 Å². The highest BCUT2D eigenvalue weighted by atomic mass is 15.1. The molecule has 0 radical (unpaired) electrons. The van der Waals surface area contributed by atoms with Gasteiger partial charge >= 0.3 is 0 Å². The summed E-state index contributed by atoms with van der Waals surface area (Å²) in [6.45, 7) is 9.86. The Bertz CT molecular complexity index is 174. The van der Waals surface area contributed by atoms with Crippen LogP contribution in [0, 0.1) is 0 Å². The topological polar surface area (TPSA) is 6.48 Å². The predicted molar refractivity (Wildman–Crippen MR) is 92.5 cm³/mol. The van der Waals surface area contributed by atoms with Crippen LogP contribution in [0.4, 0.5) is 0 Å². The molecule has 0 N–H and O–H groups in total. The number of hydrogen-bond acceptors (Lipinski definition) is 2. The normalized spacial score (nSPS) is 15.4. The van der Waals surface area contributed by atoms with Crippen LogP contribution in [-0.2, 0) is 0 Å². The Balaban J connectivity index is 0.000000361. The largest absolute Gasteiger partial charge is 0.309 e. The lowest BCUT2D eigenvalue weighted by atomic mass is 10.1. The second-order valence-corrected chi connectivity index (χ2v) is 6.47. The van der Waals surface area contributed by atoms with Crippen LogP contribution >= 0.6 is 0 Å². The van der Waals surface area contributed by atoms with Gasteiger partial charge in [-0.05, 0) is 66.0 Å². The van der Waals surface area contributed by atoms with E-state index in [1.165, 1.54) is 90.4 Å². The molecule has 0 aromatic heterocycles. The molecule has 2 heteroatoms. The molecule has 20 heavy (non-hydrogen) atoms. The van der Waals surface area contributed by atoms with E-state index in [2.05, 4.69) is 37.7 Å². The van der Waals surface area contributed by atoms with Crippen LogP contribution < -0.4 is 0 Å². The lowest BCUT2D eigenvalue weighted by molar-refractivity contribution is 0.329. The zero-order valence-corrected chi connectivity index (χ0v) is 14.8. The number of hydrogen-bond donors (Lipinski definition) is 0. The first-order valence-electron chi connectivity index (χ1n) is 9.07. The molecule has 1 aliphatic heterocycles. The molecule has 0 amide bonds. The minimum absolute atomic E-state index is 1.25. The van der Waals surface area contributed by atoms with Gasteiger partial charge in [-0.1, -0.05) is 52.4 Å². The van der Waals surface area contributed by atoms with Crippen molar-refractivity contribution in [2.45, 2.75) is 78.1 Å². The quantitative estimate of drug-likeness (QED) is 0.532. The zero-order chi connectivity index (χ0) is 15.1. The molecule has 1 rings (SSSR count). The smallest absolute Gasteiger partial charge is 0.00183 e. The molecule has 0 aliphatic carbocycles. The molecule has 0 bridgehead atoms. The summed E-state index contributed by atoms with van der Waals surface area (Å²) in [5, 5.41) is 0. The first-order valence-corrected chi connectivity index (χ1v) is 9.07. The molecule has 0 spiro atoms. The standard InChI is InChI=1S/C9H19N.C9H21N/c1-2-3-4-7-10-8-5-6-9-10;1-4-5-6-7-8-9-10(2)3/h2-9H2,1H3;4-9H2,1-3H3. The van der Waals surface area contributed by atoms with Gasteiger partial charge in [0.1, 0.15) is 0 Å². The molecule has 1 aliphatic rings. The number of likely N-dealkylation sites (tertiary alicyclic amines) is 1. The highest BCUT2D eigenvalue weighted by molar-refractivity contribution is 4.65. The average molecular weight is 285 g/mol. The third-order valence-electron chi connectivity index (χ3n) is 3.99. The fraction of sp³-hybridized carbons (Fsp3) is 1.00. The predicted octanol–water partition coefficient (Wildman–Crippen LogP) is 4.79. The Morgan fingerprint density at radius 1 is 0.750 bits per heavy atom. The van der Waals surface area contributed by atoms with Gasteiger partial charge in [0.15, 0.2) is 0 Å². The van der Waals surface area contributed by atoms with Crippen LogP contribution in [0.5, 0.6) is 0 Å². The summed E-state index contributed by atoms with van der Waals surface area (Å²) in [6.07, 6.45) is 14.0. The molecule has 0 saturated carbocycles. The van der Waals surface area contributed by atoms with Crippen molar-refractivity contribution in [3.8, 4) is 0 Å². The van der Waals surface area contributed by atoms with Crippen LogP contribution in [0.25, 0.3) is 0 Å². The molecule has 1 heterocycles. The van der Waals surface area contributed by atoms with Gasteiger partial charge in [-0.2, -0.15) is 0 Å². The summed E-state index contributed by atoms with van der Waals surface area (Å²) in [4.78, 5) is 4.85. The lowest BCUT2D eigenvalue weighted by Gasteiger charge is -2.12. The van der Waals surface area contributed by atoms with Gasteiger partial charge in [0.2, 0.25) is 0 Å². The molecular formula is C18H40N2. The van der Waals surface area contributed by atoms with E-state index in [-0.39, 0.29) is 0 Å². The maximum atomic E-state index is 2.59. The summed E-state index contributed by atoms with van der Waals surface area (Å²) in [7, 11) is 4.28. The summed E-state index contributed by atoms with van der Waals surface area (Å²) in [6, 6.07) is 0. The van der Waals surface area contributed by atoms with Gasteiger partial charge in [-0.3, -0.25) is 0 Å². The molecule has 1 fully saturated rings. The molecule has 0 aromatic rings. The molecule has 0 atom stereocenters. The monoisotopic (exact) mass is 284 g/mol. The van der Waals surface area contributed by atoms with Crippen molar-refractivity contribution in [2.75, 3.05) is 40.3 Å². The first kappa shape index (κ1) is 19.9. The molecule has 0 aromatic carbocycles. The van der Waals surface area contributed by atoms with E-state index in [1.807, 2.05) is 0 Å². The van der Waals surface area contributed by atoms with Gasteiger partial charge in [-0.25, -0.2) is 0 Å². The molecular weight excluding hydrogens is 244 g/mol. The van der Waals surface area contributed by atoms with Crippen molar-refractivity contribution < 1.29 is 0 Å². The SMILES string of the molecule is CCCCCCCN(C)C.CCCCCN1CCCC1. The summed E-state index contributed by atoms with van der Waals surface area (Å²) >= 11 is 0. The van der Waals surface area contributed by atoms with Crippen molar-refractivity contribution in [3.05, 3.63) is 0 Å². The molecule has 1 saturated heterocycles. The summed E-state index contributed by atoms with van der Waals surface area (Å²) in [5.74, 6) is 0. The fourth-order valence-electron chi connectivity index (χ4n) is 2.62. The molecule has 2 nitrogen and oxygen atoms in total. The van der Waals surface area contributed by atoms with E-state index in [4.69, 9.17) is 0 Å². The third-order valence-corrected chi connectivity index (χ3v) is 3.99. The van der Waals surface area contributed by atoms with Gasteiger partial charge in [0.05, 0.1) is 0 Å². The number of unbranched alkanes of at least 4 members (excludes halogenated alkanes) is 6. The van der Waals surface area contributed by atoms with Crippen LogP contribution in [0.1, 0.15) is 78.1 Å². The highest BCUT2D eigenvalue weighted by Crippen LogP contribution is 2.08. The number of nitrogens with zero attached hydrogens (tertiary/aromatic N) is 2. The van der Waals surface area contributed by atoms with Gasteiger partial charge in [-0.15, -0.1) is 0 Å². The zero-order valence-electron chi connectivity index (χ0n) is 14.8. The summed E-state index contributed by atoms with van der Waals surface area (Å²) in [5.41, 5.74) is 0. The summed E-state index contributed by atoms with van der Waals surface area (Å²) < 4.78 is 0. The van der Waals surface area contributed by atoms with Crippen LogP contribution in [0.15, 0.2) is 0 Å². The van der Waals surface area contributed by atoms with Crippen LogP contribution in [-0.4, -0.2) is 50.1 Å². The van der Waals surface area contributed by atoms with Crippen LogP contribution in [0.3, 0.4) is 0 Å². The Hall–Kier alpha value is -0.0800. The average Bonchev–Trinajstić information content (AvgIpc) is 2.92. The van der Waals surface area contributed by atoms with Crippen molar-refractivity contribution in [1.29, 1.82) is 0 Å². The van der Waals surface area contributed by atoms with Crippen molar-refractivity contribution in [3.63, 3.8) is 0 Å². The maximum absolute atomic E-state index is 2.59. The number of rotatable bonds is 10. The fourth-order valence-corrected chi connectivity index (χ4v) is 2.62. The van der Waals surface area contributed by atoms with E-state index in [0.29, 0.717) is 0 Å². The minimum atomic E-state index is 1.25. The van der Waals surface area contributed by atoms with E-state index in [1.54, 1.807) is 0 Å². The van der Waals surface area contributed by atoms with E-state index >= 15 is 0 Å². The molecule has 122 valence electrons. The van der Waals surface area contributed by atoms with E-state index < -0.39 is 0 Å². The van der Waals surface area contributed by atoms with Crippen molar-refractivity contribution in [2.24, 2.45) is 0 Å². The Morgan fingerprint density at radius 3 is 1.85 bits per heavy atom. The van der Waals surface area contributed by atoms with Crippen molar-refractivity contribution in [1.82, 2.24) is 9.80 Å². The van der Waals surface area contributed by atoms with Gasteiger partial charge in [0, 0.05) is 0 Å². The minimum Gasteiger partial charge on any atom is -0.309 e. The van der Waals surface area contributed by atoms with E-state index in [9.17, 15) is 0 Å². The van der Waals surface area contributed by atoms with Gasteiger partial charge < -0.3 is 9.80 Å². The van der Waals surface area contributed by atoms with Crippen LogP contribution in [0.2, 0.25) is 0 Å². The Kier molecular flexibility index (Phi) is 15.3. The third kappa shape index (κ3) is 14.3. The lowest BCUT2D eigenvalue weighted by Crippen LogP contribution is -2.20. The second-order valence-electron chi connectivity index (χ2n) is 6.47. The highest BCUT2D eigenvalue weighted by Gasteiger charge is 2.09. The first-order chi connectivity index (χ1) is 9.70.